The molecule has 0 saturated carbocycles. The number of furan rings is 1. The Kier molecular flexibility index (Phi) is 7.23. The van der Waals surface area contributed by atoms with Gasteiger partial charge in [0.25, 0.3) is 11.6 Å². The molecular weight excluding hydrogens is 540 g/mol. The lowest BCUT2D eigenvalue weighted by molar-refractivity contribution is -0.384. The minimum atomic E-state index is -0.541. The number of nitro benzene ring substituents is 1. The third kappa shape index (κ3) is 5.72. The first-order chi connectivity index (χ1) is 16.7. The first-order valence-corrected chi connectivity index (χ1v) is 11.6. The summed E-state index contributed by atoms with van der Waals surface area (Å²) in [6.07, 6.45) is 0. The number of aromatic nitrogens is 2. The second-order valence-electron chi connectivity index (χ2n) is 7.72. The molecule has 2 heterocycles. The molecule has 0 saturated heterocycles. The van der Waals surface area contributed by atoms with E-state index in [1.807, 2.05) is 36.7 Å². The number of anilines is 1. The van der Waals surface area contributed by atoms with Crippen LogP contribution in [0.5, 0.6) is 5.75 Å². The molecule has 180 valence electrons. The van der Waals surface area contributed by atoms with E-state index in [1.54, 1.807) is 18.2 Å². The van der Waals surface area contributed by atoms with Crippen molar-refractivity contribution in [1.82, 2.24) is 9.78 Å². The maximum absolute atomic E-state index is 12.7. The smallest absolute Gasteiger partial charge is 0.291 e. The molecule has 1 N–H and O–H groups in total. The quantitative estimate of drug-likeness (QED) is 0.200. The predicted octanol–water partition coefficient (Wildman–Crippen LogP) is 6.30. The largest absolute Gasteiger partial charge is 0.484 e. The molecule has 35 heavy (non-hydrogen) atoms. The minimum absolute atomic E-state index is 0.00149. The first kappa shape index (κ1) is 24.5. The van der Waals surface area contributed by atoms with E-state index in [1.165, 1.54) is 18.2 Å². The van der Waals surface area contributed by atoms with Gasteiger partial charge in [0.15, 0.2) is 5.76 Å². The van der Waals surface area contributed by atoms with Crippen LogP contribution in [0.25, 0.3) is 0 Å². The number of carbonyl (C=O) groups is 1. The van der Waals surface area contributed by atoms with Crippen molar-refractivity contribution in [3.63, 3.8) is 0 Å². The molecule has 0 radical (unpaired) electrons. The second kappa shape index (κ2) is 10.3. The van der Waals surface area contributed by atoms with E-state index < -0.39 is 10.8 Å². The van der Waals surface area contributed by atoms with E-state index in [9.17, 15) is 14.9 Å². The summed E-state index contributed by atoms with van der Waals surface area (Å²) in [5, 5.41) is 18.3. The molecule has 0 spiro atoms. The Morgan fingerprint density at radius 3 is 2.71 bits per heavy atom. The summed E-state index contributed by atoms with van der Waals surface area (Å²) in [7, 11) is 0. The van der Waals surface area contributed by atoms with Crippen molar-refractivity contribution < 1.29 is 18.9 Å². The summed E-state index contributed by atoms with van der Waals surface area (Å²) in [6.45, 7) is 4.49. The SMILES string of the molecule is Cc1nn(Cc2cccc(NC(=O)c3ccc(COc4ccc([N+](=O)[O-])cc4Cl)o3)c2)c(C)c1Br. The van der Waals surface area contributed by atoms with Crippen LogP contribution in [0, 0.1) is 24.0 Å². The number of nitrogens with zero attached hydrogens (tertiary/aromatic N) is 3. The zero-order valence-electron chi connectivity index (χ0n) is 18.7. The summed E-state index contributed by atoms with van der Waals surface area (Å²) in [5.74, 6) is 0.376. The summed E-state index contributed by atoms with van der Waals surface area (Å²) < 4.78 is 14.0. The van der Waals surface area contributed by atoms with Gasteiger partial charge in [-0.1, -0.05) is 23.7 Å². The number of amides is 1. The summed E-state index contributed by atoms with van der Waals surface area (Å²) >= 11 is 9.57. The standard InChI is InChI=1S/C24H20BrClN4O5/c1-14-23(25)15(2)29(28-14)12-16-4-3-5-17(10-16)27-24(31)22-9-7-19(35-22)13-34-21-8-6-18(30(32)33)11-20(21)26/h3-11H,12-13H2,1-2H3,(H,27,31). The molecule has 0 aliphatic carbocycles. The fourth-order valence-electron chi connectivity index (χ4n) is 3.39. The van der Waals surface area contributed by atoms with Crippen LogP contribution in [0.15, 0.2) is 63.5 Å². The number of carbonyl (C=O) groups excluding carboxylic acids is 1. The van der Waals surface area contributed by atoms with Gasteiger partial charge in [0.05, 0.1) is 32.4 Å². The summed E-state index contributed by atoms with van der Waals surface area (Å²) in [4.78, 5) is 23.0. The Morgan fingerprint density at radius 1 is 1.23 bits per heavy atom. The molecule has 4 aromatic rings. The van der Waals surface area contributed by atoms with E-state index >= 15 is 0 Å². The fourth-order valence-corrected chi connectivity index (χ4v) is 3.90. The number of benzene rings is 2. The molecule has 0 unspecified atom stereocenters. The highest BCUT2D eigenvalue weighted by Crippen LogP contribution is 2.29. The number of nitro groups is 1. The molecule has 0 aliphatic heterocycles. The number of hydrogen-bond acceptors (Lipinski definition) is 6. The molecule has 9 nitrogen and oxygen atoms in total. The lowest BCUT2D eigenvalue weighted by atomic mass is 10.2. The van der Waals surface area contributed by atoms with Crippen LogP contribution in [0.1, 0.15) is 33.3 Å². The van der Waals surface area contributed by atoms with Crippen LogP contribution in [-0.4, -0.2) is 20.6 Å². The first-order valence-electron chi connectivity index (χ1n) is 10.5. The molecule has 11 heteroatoms. The Hall–Kier alpha value is -3.63. The Morgan fingerprint density at radius 2 is 2.03 bits per heavy atom. The summed E-state index contributed by atoms with van der Waals surface area (Å²) in [6, 6.07) is 14.6. The molecule has 0 aliphatic rings. The van der Waals surface area contributed by atoms with Crippen LogP contribution < -0.4 is 10.1 Å². The normalized spacial score (nSPS) is 10.9. The third-order valence-electron chi connectivity index (χ3n) is 5.19. The van der Waals surface area contributed by atoms with E-state index in [4.69, 9.17) is 20.8 Å². The van der Waals surface area contributed by atoms with Crippen LogP contribution in [0.2, 0.25) is 5.02 Å². The molecule has 1 amide bonds. The molecular formula is C24H20BrClN4O5. The fraction of sp³-hybridized carbons (Fsp3) is 0.167. The van der Waals surface area contributed by atoms with Crippen molar-refractivity contribution in [1.29, 1.82) is 0 Å². The summed E-state index contributed by atoms with van der Waals surface area (Å²) in [5.41, 5.74) is 3.41. The molecule has 2 aromatic carbocycles. The van der Waals surface area contributed by atoms with Crippen molar-refractivity contribution in [3.05, 3.63) is 103 Å². The van der Waals surface area contributed by atoms with Gasteiger partial charge in [0, 0.05) is 17.8 Å². The molecule has 0 atom stereocenters. The molecule has 4 rings (SSSR count). The minimum Gasteiger partial charge on any atom is -0.484 e. The molecule has 0 bridgehead atoms. The van der Waals surface area contributed by atoms with E-state index in [0.29, 0.717) is 18.0 Å². The lowest BCUT2D eigenvalue weighted by Gasteiger charge is -2.08. The van der Waals surface area contributed by atoms with E-state index in [-0.39, 0.29) is 28.8 Å². The average Bonchev–Trinajstić information content (AvgIpc) is 3.39. The van der Waals surface area contributed by atoms with Gasteiger partial charge in [-0.2, -0.15) is 5.10 Å². The van der Waals surface area contributed by atoms with Gasteiger partial charge < -0.3 is 14.5 Å². The van der Waals surface area contributed by atoms with Crippen LogP contribution in [0.3, 0.4) is 0 Å². The molecule has 2 aromatic heterocycles. The third-order valence-corrected chi connectivity index (χ3v) is 6.64. The van der Waals surface area contributed by atoms with Crippen molar-refractivity contribution in [2.24, 2.45) is 0 Å². The zero-order chi connectivity index (χ0) is 25.1. The van der Waals surface area contributed by atoms with Gasteiger partial charge in [-0.05, 0) is 65.7 Å². The number of halogens is 2. The topological polar surface area (TPSA) is 112 Å². The highest BCUT2D eigenvalue weighted by atomic mass is 79.9. The highest BCUT2D eigenvalue weighted by molar-refractivity contribution is 9.10. The predicted molar refractivity (Wildman–Crippen MR) is 134 cm³/mol. The number of hydrogen-bond donors (Lipinski definition) is 1. The maximum Gasteiger partial charge on any atom is 0.291 e. The monoisotopic (exact) mass is 558 g/mol. The van der Waals surface area contributed by atoms with Gasteiger partial charge in [0.2, 0.25) is 0 Å². The van der Waals surface area contributed by atoms with Gasteiger partial charge in [0.1, 0.15) is 18.1 Å². The van der Waals surface area contributed by atoms with Gasteiger partial charge >= 0.3 is 0 Å². The van der Waals surface area contributed by atoms with Crippen LogP contribution in [0.4, 0.5) is 11.4 Å². The number of rotatable bonds is 8. The van der Waals surface area contributed by atoms with Crippen LogP contribution in [-0.2, 0) is 13.2 Å². The van der Waals surface area contributed by atoms with Crippen molar-refractivity contribution in [2.45, 2.75) is 27.0 Å². The highest BCUT2D eigenvalue weighted by Gasteiger charge is 2.15. The number of aryl methyl sites for hydroxylation is 1. The Balaban J connectivity index is 1.38. The zero-order valence-corrected chi connectivity index (χ0v) is 21.1. The van der Waals surface area contributed by atoms with Gasteiger partial charge in [-0.3, -0.25) is 19.6 Å². The van der Waals surface area contributed by atoms with Crippen molar-refractivity contribution in [3.8, 4) is 5.75 Å². The van der Waals surface area contributed by atoms with Crippen molar-refractivity contribution >= 4 is 44.8 Å². The van der Waals surface area contributed by atoms with E-state index in [0.717, 1.165) is 21.4 Å². The number of ether oxygens (including phenoxy) is 1. The average molecular weight is 560 g/mol. The molecule has 0 fully saturated rings. The van der Waals surface area contributed by atoms with E-state index in [2.05, 4.69) is 26.3 Å². The Bertz CT molecular complexity index is 1410. The lowest BCUT2D eigenvalue weighted by Crippen LogP contribution is -2.11. The second-order valence-corrected chi connectivity index (χ2v) is 8.92. The van der Waals surface area contributed by atoms with Crippen LogP contribution >= 0.6 is 27.5 Å². The van der Waals surface area contributed by atoms with Gasteiger partial charge in [-0.15, -0.1) is 0 Å². The van der Waals surface area contributed by atoms with Gasteiger partial charge in [-0.25, -0.2) is 0 Å². The Labute approximate surface area is 213 Å². The number of non-ortho nitro benzene ring substituents is 1. The van der Waals surface area contributed by atoms with Crippen molar-refractivity contribution in [2.75, 3.05) is 5.32 Å². The number of nitrogens with one attached hydrogen (secondary N) is 1. The maximum atomic E-state index is 12.7.